The number of nitrogens with zero attached hydrogens (tertiary/aromatic N) is 4. The predicted molar refractivity (Wildman–Crippen MR) is 81.7 cm³/mol. The van der Waals surface area contributed by atoms with Crippen molar-refractivity contribution in [2.45, 2.75) is 39.2 Å². The van der Waals surface area contributed by atoms with Crippen LogP contribution in [0.5, 0.6) is 0 Å². The average molecular weight is 329 g/mol. The van der Waals surface area contributed by atoms with Crippen molar-refractivity contribution >= 4 is 15.9 Å². The molecule has 0 saturated carbocycles. The molecule has 2 rings (SSSR count). The monoisotopic (exact) mass is 329 g/mol. The van der Waals surface area contributed by atoms with Crippen molar-refractivity contribution in [1.29, 1.82) is 0 Å². The van der Waals surface area contributed by atoms with E-state index in [1.54, 1.807) is 18.2 Å². The van der Waals surface area contributed by atoms with Crippen LogP contribution in [0.3, 0.4) is 0 Å². The predicted octanol–water partition coefficient (Wildman–Crippen LogP) is -0.0567. The molecule has 124 valence electrons. The lowest BCUT2D eigenvalue weighted by Crippen LogP contribution is -2.45. The number of hydrogen-bond acceptors (Lipinski definition) is 5. The van der Waals surface area contributed by atoms with Crippen LogP contribution in [0.1, 0.15) is 38.4 Å². The second-order valence-corrected chi connectivity index (χ2v) is 7.47. The minimum absolute atomic E-state index is 0.0253. The zero-order chi connectivity index (χ0) is 16.2. The highest BCUT2D eigenvalue weighted by Crippen LogP contribution is 2.25. The molecule has 1 saturated heterocycles. The van der Waals surface area contributed by atoms with E-state index >= 15 is 0 Å². The van der Waals surface area contributed by atoms with Crippen LogP contribution in [0.15, 0.2) is 6.33 Å². The maximum Gasteiger partial charge on any atom is 0.237 e. The van der Waals surface area contributed by atoms with Gasteiger partial charge in [0.25, 0.3) is 0 Å². The molecule has 1 aliphatic rings. The number of amides is 1. The molecule has 1 aromatic heterocycles. The standard InChI is InChI=1S/C13H23N5O3S/c1-3-17-10-14-16-13(17)11-6-5-7-18(9-11)12(19)8-15-22(20,21)4-2/h10-11,15H,3-9H2,1-2H3. The number of carbonyl (C=O) groups excluding carboxylic acids is 1. The maximum atomic E-state index is 12.2. The van der Waals surface area contributed by atoms with Crippen LogP contribution in [-0.4, -0.2) is 59.4 Å². The Kier molecular flexibility index (Phi) is 5.52. The SMILES string of the molecule is CCn1cnnc1C1CCCN(C(=O)CNS(=O)(=O)CC)C1. The first-order valence-electron chi connectivity index (χ1n) is 7.59. The molecular weight excluding hydrogens is 306 g/mol. The van der Waals surface area contributed by atoms with Crippen molar-refractivity contribution in [3.8, 4) is 0 Å². The number of sulfonamides is 1. The van der Waals surface area contributed by atoms with Crippen LogP contribution in [-0.2, 0) is 21.4 Å². The number of likely N-dealkylation sites (tertiary alicyclic amines) is 1. The average Bonchev–Trinajstić information content (AvgIpc) is 3.01. The number of aryl methyl sites for hydroxylation is 1. The normalized spacial score (nSPS) is 19.4. The van der Waals surface area contributed by atoms with Crippen molar-refractivity contribution < 1.29 is 13.2 Å². The van der Waals surface area contributed by atoms with Gasteiger partial charge in [-0.1, -0.05) is 0 Å². The summed E-state index contributed by atoms with van der Waals surface area (Å²) in [4.78, 5) is 13.9. The Morgan fingerprint density at radius 1 is 1.45 bits per heavy atom. The van der Waals surface area contributed by atoms with Crippen LogP contribution in [0.4, 0.5) is 0 Å². The van der Waals surface area contributed by atoms with E-state index in [0.717, 1.165) is 25.2 Å². The van der Waals surface area contributed by atoms with Gasteiger partial charge >= 0.3 is 0 Å². The summed E-state index contributed by atoms with van der Waals surface area (Å²) >= 11 is 0. The lowest BCUT2D eigenvalue weighted by atomic mass is 9.97. The highest BCUT2D eigenvalue weighted by Gasteiger charge is 2.28. The molecule has 0 aromatic carbocycles. The Hall–Kier alpha value is -1.48. The van der Waals surface area contributed by atoms with Crippen molar-refractivity contribution in [3.05, 3.63) is 12.2 Å². The van der Waals surface area contributed by atoms with Crippen LogP contribution >= 0.6 is 0 Å². The molecule has 0 spiro atoms. The van der Waals surface area contributed by atoms with E-state index in [2.05, 4.69) is 14.9 Å². The zero-order valence-corrected chi connectivity index (χ0v) is 13.8. The summed E-state index contributed by atoms with van der Waals surface area (Å²) in [6, 6.07) is 0. The second kappa shape index (κ2) is 7.19. The summed E-state index contributed by atoms with van der Waals surface area (Å²) in [6.45, 7) is 5.40. The van der Waals surface area contributed by atoms with E-state index < -0.39 is 10.0 Å². The Labute approximate surface area is 130 Å². The third-order valence-corrected chi connectivity index (χ3v) is 5.29. The Balaban J connectivity index is 1.97. The van der Waals surface area contributed by atoms with E-state index in [1.807, 2.05) is 11.5 Å². The molecule has 9 heteroatoms. The first kappa shape index (κ1) is 16.9. The molecule has 0 radical (unpaired) electrons. The van der Waals surface area contributed by atoms with Gasteiger partial charge in [-0.05, 0) is 26.7 Å². The molecule has 22 heavy (non-hydrogen) atoms. The third kappa shape index (κ3) is 4.04. The van der Waals surface area contributed by atoms with Gasteiger partial charge in [0.1, 0.15) is 12.2 Å². The van der Waals surface area contributed by atoms with Gasteiger partial charge in [-0.15, -0.1) is 10.2 Å². The van der Waals surface area contributed by atoms with E-state index in [9.17, 15) is 13.2 Å². The van der Waals surface area contributed by atoms with E-state index in [4.69, 9.17) is 0 Å². The summed E-state index contributed by atoms with van der Waals surface area (Å²) in [5.41, 5.74) is 0. The van der Waals surface area contributed by atoms with Crippen LogP contribution in [0.2, 0.25) is 0 Å². The third-order valence-electron chi connectivity index (χ3n) is 3.95. The Bertz CT molecular complexity index is 613. The summed E-state index contributed by atoms with van der Waals surface area (Å²) in [6.07, 6.45) is 3.54. The van der Waals surface area contributed by atoms with Gasteiger partial charge in [-0.25, -0.2) is 13.1 Å². The molecule has 1 N–H and O–H groups in total. The molecule has 1 aliphatic heterocycles. The lowest BCUT2D eigenvalue weighted by Gasteiger charge is -2.32. The Morgan fingerprint density at radius 3 is 2.91 bits per heavy atom. The minimum Gasteiger partial charge on any atom is -0.341 e. The van der Waals surface area contributed by atoms with Crippen molar-refractivity contribution in [2.75, 3.05) is 25.4 Å². The highest BCUT2D eigenvalue weighted by atomic mass is 32.2. The van der Waals surface area contributed by atoms with Gasteiger partial charge in [0.05, 0.1) is 12.3 Å². The van der Waals surface area contributed by atoms with Gasteiger partial charge in [-0.3, -0.25) is 4.79 Å². The van der Waals surface area contributed by atoms with Gasteiger partial charge in [-0.2, -0.15) is 0 Å². The lowest BCUT2D eigenvalue weighted by molar-refractivity contribution is -0.131. The molecule has 0 aliphatic carbocycles. The molecular formula is C13H23N5O3S. The van der Waals surface area contributed by atoms with Gasteiger partial charge in [0, 0.05) is 25.6 Å². The Morgan fingerprint density at radius 2 is 2.23 bits per heavy atom. The van der Waals surface area contributed by atoms with Crippen molar-refractivity contribution in [1.82, 2.24) is 24.4 Å². The summed E-state index contributed by atoms with van der Waals surface area (Å²) in [7, 11) is -3.34. The van der Waals surface area contributed by atoms with Gasteiger partial charge in [0.15, 0.2) is 0 Å². The smallest absolute Gasteiger partial charge is 0.237 e. The van der Waals surface area contributed by atoms with Gasteiger partial charge in [0.2, 0.25) is 15.9 Å². The number of nitrogens with one attached hydrogen (secondary N) is 1. The molecule has 1 fully saturated rings. The van der Waals surface area contributed by atoms with Crippen molar-refractivity contribution in [3.63, 3.8) is 0 Å². The molecule has 0 bridgehead atoms. The fraction of sp³-hybridized carbons (Fsp3) is 0.769. The summed E-state index contributed by atoms with van der Waals surface area (Å²) in [5.74, 6) is 0.837. The quantitative estimate of drug-likeness (QED) is 0.789. The first-order valence-corrected chi connectivity index (χ1v) is 9.24. The number of piperidine rings is 1. The fourth-order valence-electron chi connectivity index (χ4n) is 2.62. The van der Waals surface area contributed by atoms with E-state index in [1.165, 1.54) is 0 Å². The van der Waals surface area contributed by atoms with Crippen LogP contribution in [0, 0.1) is 0 Å². The highest BCUT2D eigenvalue weighted by molar-refractivity contribution is 7.89. The number of rotatable bonds is 6. The molecule has 1 unspecified atom stereocenters. The van der Waals surface area contributed by atoms with Gasteiger partial charge < -0.3 is 9.47 Å². The number of hydrogen-bond donors (Lipinski definition) is 1. The molecule has 8 nitrogen and oxygen atoms in total. The molecule has 2 heterocycles. The van der Waals surface area contributed by atoms with Crippen molar-refractivity contribution in [2.24, 2.45) is 0 Å². The number of carbonyl (C=O) groups is 1. The van der Waals surface area contributed by atoms with E-state index in [0.29, 0.717) is 13.1 Å². The molecule has 1 aromatic rings. The first-order chi connectivity index (χ1) is 10.5. The topological polar surface area (TPSA) is 97.2 Å². The van der Waals surface area contributed by atoms with Crippen LogP contribution < -0.4 is 4.72 Å². The number of aromatic nitrogens is 3. The summed E-state index contributed by atoms with van der Waals surface area (Å²) in [5, 5.41) is 8.10. The zero-order valence-electron chi connectivity index (χ0n) is 13.0. The molecule has 1 amide bonds. The minimum atomic E-state index is -3.34. The second-order valence-electron chi connectivity index (χ2n) is 5.38. The largest absolute Gasteiger partial charge is 0.341 e. The molecule has 1 atom stereocenters. The summed E-state index contributed by atoms with van der Waals surface area (Å²) < 4.78 is 27.1. The van der Waals surface area contributed by atoms with E-state index in [-0.39, 0.29) is 24.1 Å². The maximum absolute atomic E-state index is 12.2. The fourth-order valence-corrected chi connectivity index (χ4v) is 3.17. The van der Waals surface area contributed by atoms with Crippen LogP contribution in [0.25, 0.3) is 0 Å².